The number of ketones is 2. The van der Waals surface area contributed by atoms with Crippen molar-refractivity contribution in [1.82, 2.24) is 0 Å². The van der Waals surface area contributed by atoms with E-state index in [-0.39, 0.29) is 76.8 Å². The summed E-state index contributed by atoms with van der Waals surface area (Å²) in [4.78, 5) is 36.9. The number of fused-ring (bicyclic) bond motifs is 2. The Labute approximate surface area is 283 Å². The van der Waals surface area contributed by atoms with Crippen molar-refractivity contribution in [2.45, 2.75) is 30.6 Å². The van der Waals surface area contributed by atoms with Gasteiger partial charge in [0, 0.05) is 40.3 Å². The smallest absolute Gasteiger partial charge is 0.748 e. The van der Waals surface area contributed by atoms with E-state index in [0.29, 0.717) is 5.69 Å². The number of nitrogens with one attached hydrogen (secondary N) is 1. The van der Waals surface area contributed by atoms with E-state index in [1.807, 2.05) is 24.8 Å². The third-order valence-corrected chi connectivity index (χ3v) is 9.82. The van der Waals surface area contributed by atoms with Gasteiger partial charge in [-0.1, -0.05) is 38.1 Å². The number of rotatable bonds is 13. The van der Waals surface area contributed by atoms with E-state index in [9.17, 15) is 35.8 Å². The third-order valence-electron chi connectivity index (χ3n) is 7.19. The molecule has 15 heteroatoms. The van der Waals surface area contributed by atoms with Crippen LogP contribution in [0.25, 0.3) is 0 Å². The molecule has 0 bridgehead atoms. The van der Waals surface area contributed by atoms with Crippen LogP contribution in [0, 0.1) is 0 Å². The third kappa shape index (κ3) is 8.38. The number of benzene rings is 2. The van der Waals surface area contributed by atoms with Gasteiger partial charge in [0.2, 0.25) is 15.6 Å². The van der Waals surface area contributed by atoms with Crippen LogP contribution >= 0.6 is 0 Å². The molecule has 2 aliphatic rings. The van der Waals surface area contributed by atoms with Gasteiger partial charge >= 0.3 is 35.5 Å². The molecule has 2 aliphatic heterocycles. The molecule has 2 heterocycles. The summed E-state index contributed by atoms with van der Waals surface area (Å²) in [6.45, 7) is 3.03. The van der Waals surface area contributed by atoms with E-state index < -0.39 is 49.5 Å². The van der Waals surface area contributed by atoms with E-state index in [4.69, 9.17) is 9.84 Å². The minimum Gasteiger partial charge on any atom is -0.748 e. The van der Waals surface area contributed by atoms with Crippen molar-refractivity contribution in [2.24, 2.45) is 0 Å². The number of hydrogen-bond donors (Lipinski definition) is 2. The predicted molar refractivity (Wildman–Crippen MR) is 161 cm³/mol. The number of ether oxygens (including phenoxy) is 1. The van der Waals surface area contributed by atoms with Crippen molar-refractivity contribution in [3.8, 4) is 0 Å². The molecule has 234 valence electrons. The molecule has 2 aromatic rings. The Hall–Kier alpha value is -3.11. The average Bonchev–Trinajstić information content (AvgIpc) is 3.27. The van der Waals surface area contributed by atoms with Crippen molar-refractivity contribution in [1.29, 1.82) is 0 Å². The zero-order chi connectivity index (χ0) is 32.3. The fourth-order valence-corrected chi connectivity index (χ4v) is 7.19. The molecule has 0 aromatic heterocycles. The maximum absolute atomic E-state index is 12.9. The van der Waals surface area contributed by atoms with E-state index in [2.05, 4.69) is 5.32 Å². The van der Waals surface area contributed by atoms with Crippen molar-refractivity contribution in [3.05, 3.63) is 88.5 Å². The summed E-state index contributed by atoms with van der Waals surface area (Å²) in [5, 5.41) is 11.6. The van der Waals surface area contributed by atoms with Crippen molar-refractivity contribution >= 4 is 48.9 Å². The SMILES string of the molecule is CC1(C)C(=CC=CC=C2C(=O)c3ccccc3S2(=O)=O)N(CCCS(=O)(=O)[O-])c2ccc(NCC(=O)COCC(=O)O)cc21.[Na+]. The van der Waals surface area contributed by atoms with Crippen molar-refractivity contribution in [3.63, 3.8) is 0 Å². The van der Waals surface area contributed by atoms with Gasteiger partial charge < -0.3 is 24.6 Å². The molecular formula is C30H31N2NaO10S2. The first-order valence-corrected chi connectivity index (χ1v) is 16.6. The summed E-state index contributed by atoms with van der Waals surface area (Å²) in [6, 6.07) is 11.4. The normalized spacial score (nSPS) is 18.2. The van der Waals surface area contributed by atoms with Gasteiger partial charge in [-0.05, 0) is 54.5 Å². The maximum atomic E-state index is 12.9. The molecule has 2 N–H and O–H groups in total. The van der Waals surface area contributed by atoms with E-state index in [0.717, 1.165) is 16.9 Å². The number of carboxylic acid groups (broad SMARTS) is 1. The van der Waals surface area contributed by atoms with Crippen LogP contribution < -0.4 is 39.8 Å². The molecule has 4 rings (SSSR count). The van der Waals surface area contributed by atoms with E-state index in [1.54, 1.807) is 36.4 Å². The molecule has 0 fully saturated rings. The summed E-state index contributed by atoms with van der Waals surface area (Å²) in [5.74, 6) is -2.67. The second kappa shape index (κ2) is 14.5. The molecule has 0 aliphatic carbocycles. The Balaban J connectivity index is 0.00000552. The number of Topliss-reactive ketones (excluding diaryl/α,β-unsaturated/α-hetero) is 2. The Morgan fingerprint density at radius 1 is 1.09 bits per heavy atom. The largest absolute Gasteiger partial charge is 1.00 e. The molecule has 12 nitrogen and oxygen atoms in total. The van der Waals surface area contributed by atoms with E-state index >= 15 is 0 Å². The first-order valence-electron chi connectivity index (χ1n) is 13.5. The number of hydrogen-bond acceptors (Lipinski definition) is 11. The van der Waals surface area contributed by atoms with Gasteiger partial charge in [0.05, 0.1) is 21.6 Å². The maximum Gasteiger partial charge on any atom is 1.00 e. The number of aliphatic carboxylic acids is 1. The summed E-state index contributed by atoms with van der Waals surface area (Å²) in [5.41, 5.74) is 2.39. The molecule has 0 radical (unpaired) electrons. The molecule has 0 saturated carbocycles. The number of allylic oxidation sites excluding steroid dienone is 6. The van der Waals surface area contributed by atoms with Crippen LogP contribution in [0.3, 0.4) is 0 Å². The van der Waals surface area contributed by atoms with Gasteiger partial charge in [-0.25, -0.2) is 21.6 Å². The number of nitrogens with zero attached hydrogens (tertiary/aromatic N) is 1. The van der Waals surface area contributed by atoms with Crippen LogP contribution in [-0.2, 0) is 39.7 Å². The minimum atomic E-state index is -4.43. The Kier molecular flexibility index (Phi) is 11.7. The second-order valence-corrected chi connectivity index (χ2v) is 14.1. The predicted octanol–water partition coefficient (Wildman–Crippen LogP) is -0.200. The summed E-state index contributed by atoms with van der Waals surface area (Å²) in [7, 11) is -8.38. The summed E-state index contributed by atoms with van der Waals surface area (Å²) in [6.07, 6.45) is 6.08. The minimum absolute atomic E-state index is 0. The Morgan fingerprint density at radius 3 is 2.44 bits per heavy atom. The van der Waals surface area contributed by atoms with Crippen LogP contribution in [-0.4, -0.2) is 76.1 Å². The van der Waals surface area contributed by atoms with Gasteiger partial charge in [-0.15, -0.1) is 0 Å². The summed E-state index contributed by atoms with van der Waals surface area (Å²) < 4.78 is 64.4. The molecule has 0 saturated heterocycles. The monoisotopic (exact) mass is 666 g/mol. The zero-order valence-electron chi connectivity index (χ0n) is 25.0. The summed E-state index contributed by atoms with van der Waals surface area (Å²) >= 11 is 0. The number of anilines is 2. The number of carbonyl (C=O) groups excluding carboxylic acids is 2. The van der Waals surface area contributed by atoms with Gasteiger partial charge in [0.25, 0.3) is 0 Å². The first kappa shape index (κ1) is 36.4. The Bertz CT molecular complexity index is 1810. The van der Waals surface area contributed by atoms with Gasteiger partial charge in [-0.3, -0.25) is 9.59 Å². The molecule has 0 unspecified atom stereocenters. The van der Waals surface area contributed by atoms with Gasteiger partial charge in [0.1, 0.15) is 18.1 Å². The number of carbonyl (C=O) groups is 3. The van der Waals surface area contributed by atoms with Crippen LogP contribution in [0.15, 0.2) is 82.3 Å². The van der Waals surface area contributed by atoms with Crippen LogP contribution in [0.4, 0.5) is 11.4 Å². The number of carboxylic acids is 1. The molecule has 0 spiro atoms. The molecule has 0 atom stereocenters. The molecular weight excluding hydrogens is 635 g/mol. The second-order valence-electron chi connectivity index (χ2n) is 10.7. The van der Waals surface area contributed by atoms with Crippen LogP contribution in [0.5, 0.6) is 0 Å². The van der Waals surface area contributed by atoms with Gasteiger partial charge in [-0.2, -0.15) is 0 Å². The number of sulfone groups is 1. The van der Waals surface area contributed by atoms with Crippen LogP contribution in [0.2, 0.25) is 0 Å². The average molecular weight is 667 g/mol. The first-order chi connectivity index (χ1) is 20.6. The fourth-order valence-electron chi connectivity index (χ4n) is 5.15. The Morgan fingerprint density at radius 2 is 1.78 bits per heavy atom. The van der Waals surface area contributed by atoms with Crippen molar-refractivity contribution < 1.29 is 75.2 Å². The topological polar surface area (TPSA) is 187 Å². The van der Waals surface area contributed by atoms with Crippen molar-refractivity contribution in [2.75, 3.05) is 42.3 Å². The van der Waals surface area contributed by atoms with Gasteiger partial charge in [0.15, 0.2) is 5.78 Å². The van der Waals surface area contributed by atoms with Crippen LogP contribution in [0.1, 0.15) is 36.2 Å². The molecule has 0 amide bonds. The quantitative estimate of drug-likeness (QED) is 0.163. The fraction of sp³-hybridized carbons (Fsp3) is 0.300. The molecule has 45 heavy (non-hydrogen) atoms. The molecule has 2 aromatic carbocycles. The standard InChI is InChI=1S/C30H32N2O10S2.Na/c1-30(2)23-16-20(31-17-21(33)18-42-19-28(34)35)12-13-24(23)32(14-7-15-43(37,38)39)27(30)11-6-5-10-26-29(36)22-8-3-4-9-25(22)44(26,40)41;/h3-6,8-13,16,31H,7,14-15,17-19H2,1-2H3,(H,34,35)(H,37,38,39);/q;+1/p-1. The van der Waals surface area contributed by atoms with E-state index in [1.165, 1.54) is 24.3 Å². The zero-order valence-corrected chi connectivity index (χ0v) is 28.6.